The van der Waals surface area contributed by atoms with Crippen molar-refractivity contribution >= 4 is 17.5 Å². The fourth-order valence-electron chi connectivity index (χ4n) is 2.91. The Bertz CT molecular complexity index is 951. The van der Waals surface area contributed by atoms with Crippen molar-refractivity contribution in [3.05, 3.63) is 76.1 Å². The molecule has 0 aliphatic carbocycles. The lowest BCUT2D eigenvalue weighted by molar-refractivity contribution is -0.129. The molecule has 0 fully saturated rings. The predicted molar refractivity (Wildman–Crippen MR) is 102 cm³/mol. The molecule has 0 bridgehead atoms. The summed E-state index contributed by atoms with van der Waals surface area (Å²) in [7, 11) is 1.76. The van der Waals surface area contributed by atoms with Gasteiger partial charge in [-0.2, -0.15) is 5.10 Å². The lowest BCUT2D eigenvalue weighted by Gasteiger charge is -2.17. The van der Waals surface area contributed by atoms with Crippen LogP contribution in [0.25, 0.3) is 5.69 Å². The highest BCUT2D eigenvalue weighted by Crippen LogP contribution is 2.19. The second-order valence-electron chi connectivity index (χ2n) is 6.45. The van der Waals surface area contributed by atoms with Gasteiger partial charge >= 0.3 is 0 Å². The molecule has 27 heavy (non-hydrogen) atoms. The number of benzene rings is 1. The molecule has 2 aromatic heterocycles. The van der Waals surface area contributed by atoms with Crippen molar-refractivity contribution in [1.29, 1.82) is 0 Å². The van der Waals surface area contributed by atoms with Gasteiger partial charge in [0.1, 0.15) is 11.0 Å². The van der Waals surface area contributed by atoms with Crippen LogP contribution in [-0.2, 0) is 17.8 Å². The topological polar surface area (TPSA) is 51.0 Å². The Morgan fingerprint density at radius 3 is 2.52 bits per heavy atom. The standard InChI is InChI=1S/C20H20ClFN4O/c1-13-18(14(2)26(24-13)17-7-5-16(22)6-8-17)10-20(27)25(3)12-15-4-9-19(21)23-11-15/h4-9,11H,10,12H2,1-3H3. The third-order valence-electron chi connectivity index (χ3n) is 4.47. The number of nitrogens with zero attached hydrogens (tertiary/aromatic N) is 4. The summed E-state index contributed by atoms with van der Waals surface area (Å²) in [6, 6.07) is 9.67. The Hall–Kier alpha value is -2.73. The van der Waals surface area contributed by atoms with Crippen molar-refractivity contribution in [2.24, 2.45) is 0 Å². The van der Waals surface area contributed by atoms with Gasteiger partial charge in [-0.15, -0.1) is 0 Å². The smallest absolute Gasteiger partial charge is 0.227 e. The number of halogens is 2. The zero-order chi connectivity index (χ0) is 19.6. The number of pyridine rings is 1. The molecule has 3 rings (SSSR count). The van der Waals surface area contributed by atoms with Gasteiger partial charge in [-0.05, 0) is 49.7 Å². The van der Waals surface area contributed by atoms with Crippen LogP contribution < -0.4 is 0 Å². The van der Waals surface area contributed by atoms with E-state index in [-0.39, 0.29) is 18.1 Å². The molecular formula is C20H20ClFN4O. The third-order valence-corrected chi connectivity index (χ3v) is 4.70. The Balaban J connectivity index is 1.75. The number of likely N-dealkylation sites (N-methyl/N-ethyl adjacent to an activating group) is 1. The van der Waals surface area contributed by atoms with Gasteiger partial charge in [0.15, 0.2) is 0 Å². The van der Waals surface area contributed by atoms with E-state index in [1.165, 1.54) is 12.1 Å². The molecule has 0 saturated heterocycles. The summed E-state index contributed by atoms with van der Waals surface area (Å²) in [6.45, 7) is 4.24. The molecule has 0 spiro atoms. The molecule has 0 radical (unpaired) electrons. The first-order chi connectivity index (χ1) is 12.8. The molecule has 0 aliphatic rings. The number of aryl methyl sites for hydroxylation is 1. The van der Waals surface area contributed by atoms with Gasteiger partial charge in [0.25, 0.3) is 0 Å². The van der Waals surface area contributed by atoms with Crippen molar-refractivity contribution in [2.75, 3.05) is 7.05 Å². The van der Waals surface area contributed by atoms with Crippen molar-refractivity contribution in [2.45, 2.75) is 26.8 Å². The van der Waals surface area contributed by atoms with E-state index in [0.29, 0.717) is 11.7 Å². The molecule has 0 aliphatic heterocycles. The molecule has 0 unspecified atom stereocenters. The Kier molecular flexibility index (Phi) is 5.56. The molecule has 1 amide bonds. The Morgan fingerprint density at radius 2 is 1.89 bits per heavy atom. The maximum atomic E-state index is 13.2. The molecule has 140 valence electrons. The summed E-state index contributed by atoms with van der Waals surface area (Å²) in [5.41, 5.74) is 4.20. The maximum Gasteiger partial charge on any atom is 0.227 e. The van der Waals surface area contributed by atoms with Crippen LogP contribution in [0.2, 0.25) is 5.15 Å². The van der Waals surface area contributed by atoms with Crippen LogP contribution in [0.1, 0.15) is 22.5 Å². The first kappa shape index (κ1) is 19.0. The van der Waals surface area contributed by atoms with E-state index < -0.39 is 0 Å². The van der Waals surface area contributed by atoms with Gasteiger partial charge in [-0.3, -0.25) is 4.79 Å². The highest BCUT2D eigenvalue weighted by atomic mass is 35.5. The van der Waals surface area contributed by atoms with E-state index in [9.17, 15) is 9.18 Å². The van der Waals surface area contributed by atoms with Crippen molar-refractivity contribution in [3.63, 3.8) is 0 Å². The van der Waals surface area contributed by atoms with Crippen LogP contribution in [-0.4, -0.2) is 32.6 Å². The first-order valence-electron chi connectivity index (χ1n) is 8.50. The number of hydrogen-bond acceptors (Lipinski definition) is 3. The van der Waals surface area contributed by atoms with Gasteiger partial charge in [0, 0.05) is 31.0 Å². The highest BCUT2D eigenvalue weighted by Gasteiger charge is 2.18. The van der Waals surface area contributed by atoms with Crippen molar-refractivity contribution < 1.29 is 9.18 Å². The number of carbonyl (C=O) groups is 1. The lowest BCUT2D eigenvalue weighted by Crippen LogP contribution is -2.28. The fourth-order valence-corrected chi connectivity index (χ4v) is 3.02. The molecule has 0 saturated carbocycles. The summed E-state index contributed by atoms with van der Waals surface area (Å²) in [5, 5.41) is 4.94. The lowest BCUT2D eigenvalue weighted by atomic mass is 10.1. The third kappa shape index (κ3) is 4.34. The number of rotatable bonds is 5. The second-order valence-corrected chi connectivity index (χ2v) is 6.84. The minimum absolute atomic E-state index is 0.0187. The fraction of sp³-hybridized carbons (Fsp3) is 0.250. The molecule has 7 heteroatoms. The number of carbonyl (C=O) groups excluding carboxylic acids is 1. The normalized spacial score (nSPS) is 10.9. The number of hydrogen-bond donors (Lipinski definition) is 0. The average molecular weight is 387 g/mol. The SMILES string of the molecule is Cc1nn(-c2ccc(F)cc2)c(C)c1CC(=O)N(C)Cc1ccc(Cl)nc1. The highest BCUT2D eigenvalue weighted by molar-refractivity contribution is 6.29. The van der Waals surface area contributed by atoms with Crippen molar-refractivity contribution in [1.82, 2.24) is 19.7 Å². The van der Waals surface area contributed by atoms with E-state index in [1.807, 2.05) is 19.9 Å². The second kappa shape index (κ2) is 7.88. The number of aromatic nitrogens is 3. The minimum atomic E-state index is -0.297. The van der Waals surface area contributed by atoms with E-state index in [0.717, 1.165) is 28.2 Å². The predicted octanol–water partition coefficient (Wildman–Crippen LogP) is 3.88. The Morgan fingerprint density at radius 1 is 1.19 bits per heavy atom. The summed E-state index contributed by atoms with van der Waals surface area (Å²) in [5.74, 6) is -0.316. The molecule has 5 nitrogen and oxygen atoms in total. The van der Waals surface area contributed by atoms with Gasteiger partial charge in [0.05, 0.1) is 17.8 Å². The first-order valence-corrected chi connectivity index (χ1v) is 8.88. The van der Waals surface area contributed by atoms with Gasteiger partial charge in [-0.1, -0.05) is 17.7 Å². The van der Waals surface area contributed by atoms with Crippen LogP contribution in [0.15, 0.2) is 42.6 Å². The number of amides is 1. The molecule has 2 heterocycles. The molecule has 3 aromatic rings. The maximum absolute atomic E-state index is 13.2. The molecule has 0 N–H and O–H groups in total. The van der Waals surface area contributed by atoms with Crippen LogP contribution in [0, 0.1) is 19.7 Å². The molecule has 1 aromatic carbocycles. The minimum Gasteiger partial charge on any atom is -0.341 e. The van der Waals surface area contributed by atoms with E-state index >= 15 is 0 Å². The van der Waals surface area contributed by atoms with Crippen molar-refractivity contribution in [3.8, 4) is 5.69 Å². The Labute approximate surface area is 162 Å². The molecule has 0 atom stereocenters. The van der Waals surface area contributed by atoms with Gasteiger partial charge < -0.3 is 4.90 Å². The monoisotopic (exact) mass is 386 g/mol. The van der Waals surface area contributed by atoms with Gasteiger partial charge in [-0.25, -0.2) is 14.1 Å². The molecular weight excluding hydrogens is 367 g/mol. The van der Waals surface area contributed by atoms with Crippen LogP contribution in [0.3, 0.4) is 0 Å². The zero-order valence-corrected chi connectivity index (χ0v) is 16.2. The summed E-state index contributed by atoms with van der Waals surface area (Å²) in [4.78, 5) is 18.4. The van der Waals surface area contributed by atoms with E-state index in [2.05, 4.69) is 10.1 Å². The summed E-state index contributed by atoms with van der Waals surface area (Å²) < 4.78 is 14.9. The zero-order valence-electron chi connectivity index (χ0n) is 15.4. The summed E-state index contributed by atoms with van der Waals surface area (Å²) >= 11 is 5.79. The van der Waals surface area contributed by atoms with Crippen LogP contribution >= 0.6 is 11.6 Å². The largest absolute Gasteiger partial charge is 0.341 e. The van der Waals surface area contributed by atoms with Crippen LogP contribution in [0.4, 0.5) is 4.39 Å². The van der Waals surface area contributed by atoms with E-state index in [4.69, 9.17) is 11.6 Å². The average Bonchev–Trinajstić information content (AvgIpc) is 2.92. The van der Waals surface area contributed by atoms with E-state index in [1.54, 1.807) is 41.0 Å². The quantitative estimate of drug-likeness (QED) is 0.625. The summed E-state index contributed by atoms with van der Waals surface area (Å²) in [6.07, 6.45) is 1.91. The van der Waals surface area contributed by atoms with Crippen LogP contribution in [0.5, 0.6) is 0 Å². The van der Waals surface area contributed by atoms with Gasteiger partial charge in [0.2, 0.25) is 5.91 Å².